The maximum absolute atomic E-state index is 11.4. The van der Waals surface area contributed by atoms with Crippen LogP contribution < -0.4 is 0 Å². The molecule has 0 aliphatic carbocycles. The average Bonchev–Trinajstić information content (AvgIpc) is 2.74. The Kier molecular flexibility index (Phi) is 3.00. The predicted octanol–water partition coefficient (Wildman–Crippen LogP) is 1.70. The summed E-state index contributed by atoms with van der Waals surface area (Å²) in [7, 11) is 0. The van der Waals surface area contributed by atoms with Crippen molar-refractivity contribution in [2.45, 2.75) is 43.3 Å². The SMILES string of the molecule is CCn1ccnc1S[C@H]1C[C@H](C)OC1=O. The highest BCUT2D eigenvalue weighted by molar-refractivity contribution is 8.00. The Hall–Kier alpha value is -0.970. The van der Waals surface area contributed by atoms with Crippen LogP contribution in [0.5, 0.6) is 0 Å². The first-order valence-electron chi connectivity index (χ1n) is 5.09. The van der Waals surface area contributed by atoms with Gasteiger partial charge in [0, 0.05) is 25.4 Å². The number of aryl methyl sites for hydroxylation is 1. The molecule has 0 saturated carbocycles. The van der Waals surface area contributed by atoms with Gasteiger partial charge in [-0.1, -0.05) is 11.8 Å². The molecule has 1 aromatic rings. The molecule has 0 spiro atoms. The lowest BCUT2D eigenvalue weighted by Gasteiger charge is -2.06. The lowest BCUT2D eigenvalue weighted by atomic mass is 10.3. The topological polar surface area (TPSA) is 44.1 Å². The number of nitrogens with zero attached hydrogens (tertiary/aromatic N) is 2. The summed E-state index contributed by atoms with van der Waals surface area (Å²) in [6, 6.07) is 0. The molecule has 2 heterocycles. The fourth-order valence-electron chi connectivity index (χ4n) is 1.60. The van der Waals surface area contributed by atoms with Crippen LogP contribution in [0.3, 0.4) is 0 Å². The normalized spacial score (nSPS) is 25.6. The van der Waals surface area contributed by atoms with Crippen molar-refractivity contribution in [2.75, 3.05) is 0 Å². The zero-order valence-electron chi connectivity index (χ0n) is 8.84. The van der Waals surface area contributed by atoms with Crippen LogP contribution in [-0.2, 0) is 16.1 Å². The Morgan fingerprint density at radius 3 is 3.13 bits per heavy atom. The van der Waals surface area contributed by atoms with Gasteiger partial charge >= 0.3 is 5.97 Å². The van der Waals surface area contributed by atoms with Crippen molar-refractivity contribution in [2.24, 2.45) is 0 Å². The number of hydrogen-bond acceptors (Lipinski definition) is 4. The van der Waals surface area contributed by atoms with E-state index in [0.717, 1.165) is 18.1 Å². The Bertz CT molecular complexity index is 364. The smallest absolute Gasteiger partial charge is 0.319 e. The zero-order valence-corrected chi connectivity index (χ0v) is 9.66. The first-order valence-corrected chi connectivity index (χ1v) is 5.97. The summed E-state index contributed by atoms with van der Waals surface area (Å²) in [5, 5.41) is 0.807. The average molecular weight is 226 g/mol. The molecular formula is C10H14N2O2S. The fourth-order valence-corrected chi connectivity index (χ4v) is 2.82. The highest BCUT2D eigenvalue weighted by Gasteiger charge is 2.33. The van der Waals surface area contributed by atoms with Crippen LogP contribution in [0.25, 0.3) is 0 Å². The van der Waals surface area contributed by atoms with Crippen LogP contribution in [0.4, 0.5) is 0 Å². The third kappa shape index (κ3) is 2.17. The fraction of sp³-hybridized carbons (Fsp3) is 0.600. The van der Waals surface area contributed by atoms with Crippen molar-refractivity contribution >= 4 is 17.7 Å². The Balaban J connectivity index is 2.06. The van der Waals surface area contributed by atoms with E-state index >= 15 is 0 Å². The Morgan fingerprint density at radius 2 is 2.53 bits per heavy atom. The minimum absolute atomic E-state index is 0.0417. The van der Waals surface area contributed by atoms with E-state index in [4.69, 9.17) is 4.74 Å². The zero-order chi connectivity index (χ0) is 10.8. The van der Waals surface area contributed by atoms with Crippen LogP contribution in [0.2, 0.25) is 0 Å². The third-order valence-corrected chi connectivity index (χ3v) is 3.61. The molecule has 15 heavy (non-hydrogen) atoms. The number of ether oxygens (including phenoxy) is 1. The molecule has 0 bridgehead atoms. The molecule has 1 fully saturated rings. The van der Waals surface area contributed by atoms with Crippen molar-refractivity contribution in [1.82, 2.24) is 9.55 Å². The lowest BCUT2D eigenvalue weighted by molar-refractivity contribution is -0.140. The highest BCUT2D eigenvalue weighted by atomic mass is 32.2. The van der Waals surface area contributed by atoms with E-state index in [-0.39, 0.29) is 17.3 Å². The maximum atomic E-state index is 11.4. The molecule has 5 heteroatoms. The van der Waals surface area contributed by atoms with E-state index < -0.39 is 0 Å². The number of hydrogen-bond donors (Lipinski definition) is 0. The molecule has 4 nitrogen and oxygen atoms in total. The third-order valence-electron chi connectivity index (χ3n) is 2.39. The van der Waals surface area contributed by atoms with Gasteiger partial charge in [-0.2, -0.15) is 0 Å². The first-order chi connectivity index (χ1) is 7.20. The molecule has 0 radical (unpaired) electrons. The number of carbonyl (C=O) groups excluding carboxylic acids is 1. The molecule has 1 aromatic heterocycles. The lowest BCUT2D eigenvalue weighted by Crippen LogP contribution is -2.11. The van der Waals surface area contributed by atoms with E-state index in [1.807, 2.05) is 17.7 Å². The molecule has 2 rings (SSSR count). The Labute approximate surface area is 93.0 Å². The molecule has 1 aliphatic rings. The summed E-state index contributed by atoms with van der Waals surface area (Å²) in [6.07, 6.45) is 4.50. The minimum Gasteiger partial charge on any atom is -0.462 e. The summed E-state index contributed by atoms with van der Waals surface area (Å²) < 4.78 is 7.13. The molecule has 2 atom stereocenters. The summed E-state index contributed by atoms with van der Waals surface area (Å²) in [5.74, 6) is -0.113. The predicted molar refractivity (Wildman–Crippen MR) is 57.7 cm³/mol. The molecule has 82 valence electrons. The van der Waals surface area contributed by atoms with Gasteiger partial charge in [0.15, 0.2) is 5.16 Å². The van der Waals surface area contributed by atoms with Gasteiger partial charge in [-0.25, -0.2) is 4.98 Å². The number of cyclic esters (lactones) is 1. The van der Waals surface area contributed by atoms with Gasteiger partial charge in [-0.3, -0.25) is 4.79 Å². The number of thioether (sulfide) groups is 1. The second kappa shape index (κ2) is 4.26. The quantitative estimate of drug-likeness (QED) is 0.736. The highest BCUT2D eigenvalue weighted by Crippen LogP contribution is 2.30. The van der Waals surface area contributed by atoms with Gasteiger partial charge in [-0.05, 0) is 13.8 Å². The second-order valence-electron chi connectivity index (χ2n) is 3.59. The molecule has 1 aliphatic heterocycles. The summed E-state index contributed by atoms with van der Waals surface area (Å²) >= 11 is 1.50. The first kappa shape index (κ1) is 10.5. The second-order valence-corrected chi connectivity index (χ2v) is 4.76. The largest absolute Gasteiger partial charge is 0.462 e. The molecule has 0 N–H and O–H groups in total. The van der Waals surface area contributed by atoms with E-state index in [0.29, 0.717) is 0 Å². The standard InChI is InChI=1S/C10H14N2O2S/c1-3-12-5-4-11-10(12)15-8-6-7(2)14-9(8)13/h4-5,7-8H,3,6H2,1-2H3/t7-,8-/m0/s1. The van der Waals surface area contributed by atoms with Crippen LogP contribution in [-0.4, -0.2) is 26.9 Å². The van der Waals surface area contributed by atoms with E-state index in [1.54, 1.807) is 6.20 Å². The number of esters is 1. The van der Waals surface area contributed by atoms with Crippen LogP contribution in [0.15, 0.2) is 17.6 Å². The number of rotatable bonds is 3. The van der Waals surface area contributed by atoms with Gasteiger partial charge in [0.2, 0.25) is 0 Å². The van der Waals surface area contributed by atoms with Crippen LogP contribution in [0.1, 0.15) is 20.3 Å². The van der Waals surface area contributed by atoms with Crippen molar-refractivity contribution < 1.29 is 9.53 Å². The number of carbonyl (C=O) groups is 1. The van der Waals surface area contributed by atoms with Crippen LogP contribution >= 0.6 is 11.8 Å². The molecular weight excluding hydrogens is 212 g/mol. The van der Waals surface area contributed by atoms with Crippen molar-refractivity contribution in [3.63, 3.8) is 0 Å². The van der Waals surface area contributed by atoms with E-state index in [2.05, 4.69) is 11.9 Å². The van der Waals surface area contributed by atoms with Gasteiger partial charge < -0.3 is 9.30 Å². The van der Waals surface area contributed by atoms with E-state index in [9.17, 15) is 4.79 Å². The molecule has 0 aromatic carbocycles. The summed E-state index contributed by atoms with van der Waals surface area (Å²) in [6.45, 7) is 4.85. The van der Waals surface area contributed by atoms with Gasteiger partial charge in [0.25, 0.3) is 0 Å². The minimum atomic E-state index is -0.113. The summed E-state index contributed by atoms with van der Waals surface area (Å²) in [4.78, 5) is 15.7. The summed E-state index contributed by atoms with van der Waals surface area (Å²) in [5.41, 5.74) is 0. The molecule has 0 amide bonds. The molecule has 0 unspecified atom stereocenters. The number of imidazole rings is 1. The molecule has 1 saturated heterocycles. The monoisotopic (exact) mass is 226 g/mol. The van der Waals surface area contributed by atoms with Crippen molar-refractivity contribution in [3.8, 4) is 0 Å². The van der Waals surface area contributed by atoms with Gasteiger partial charge in [-0.15, -0.1) is 0 Å². The maximum Gasteiger partial charge on any atom is 0.319 e. The number of aromatic nitrogens is 2. The Morgan fingerprint density at radius 1 is 1.73 bits per heavy atom. The van der Waals surface area contributed by atoms with Crippen LogP contribution in [0, 0.1) is 0 Å². The van der Waals surface area contributed by atoms with Crippen molar-refractivity contribution in [1.29, 1.82) is 0 Å². The van der Waals surface area contributed by atoms with Gasteiger partial charge in [0.05, 0.1) is 0 Å². The van der Waals surface area contributed by atoms with E-state index in [1.165, 1.54) is 11.8 Å². The van der Waals surface area contributed by atoms with Gasteiger partial charge in [0.1, 0.15) is 11.4 Å². The van der Waals surface area contributed by atoms with Crippen molar-refractivity contribution in [3.05, 3.63) is 12.4 Å².